The molecule has 4 nitrogen and oxygen atoms in total. The van der Waals surface area contributed by atoms with Crippen LogP contribution in [0.4, 0.5) is 4.39 Å². The summed E-state index contributed by atoms with van der Waals surface area (Å²) in [5.74, 6) is -0.242. The number of hydrogen-bond acceptors (Lipinski definition) is 4. The summed E-state index contributed by atoms with van der Waals surface area (Å²) >= 11 is 1.49. The first-order valence-electron chi connectivity index (χ1n) is 5.12. The summed E-state index contributed by atoms with van der Waals surface area (Å²) in [4.78, 5) is -0.321. The molecular weight excluding hydrogens is 275 g/mol. The van der Waals surface area contributed by atoms with Crippen molar-refractivity contribution in [3.8, 4) is 6.07 Å². The molecule has 0 aliphatic rings. The van der Waals surface area contributed by atoms with Crippen molar-refractivity contribution in [1.29, 1.82) is 5.26 Å². The molecule has 1 rings (SSSR count). The van der Waals surface area contributed by atoms with Gasteiger partial charge in [0, 0.05) is 11.8 Å². The Labute approximate surface area is 110 Å². The molecule has 0 amide bonds. The van der Waals surface area contributed by atoms with E-state index < -0.39 is 21.4 Å². The molecule has 1 N–H and O–H groups in total. The van der Waals surface area contributed by atoms with E-state index >= 15 is 0 Å². The number of halogens is 1. The summed E-state index contributed by atoms with van der Waals surface area (Å²) in [7, 11) is -3.87. The molecule has 1 aromatic rings. The lowest BCUT2D eigenvalue weighted by Gasteiger charge is -2.13. The third kappa shape index (κ3) is 3.45. The van der Waals surface area contributed by atoms with Crippen molar-refractivity contribution in [2.24, 2.45) is 0 Å². The van der Waals surface area contributed by atoms with Crippen LogP contribution < -0.4 is 4.72 Å². The van der Waals surface area contributed by atoms with Gasteiger partial charge in [-0.15, -0.1) is 0 Å². The highest BCUT2D eigenvalue weighted by Crippen LogP contribution is 2.18. The lowest BCUT2D eigenvalue weighted by Crippen LogP contribution is -2.34. The molecule has 1 aromatic carbocycles. The van der Waals surface area contributed by atoms with Crippen LogP contribution in [0.2, 0.25) is 0 Å². The number of nitrogens with one attached hydrogen (secondary N) is 1. The van der Waals surface area contributed by atoms with Gasteiger partial charge in [-0.05, 0) is 25.3 Å². The minimum absolute atomic E-state index is 0.292. The lowest BCUT2D eigenvalue weighted by molar-refractivity contribution is 0.567. The van der Waals surface area contributed by atoms with Gasteiger partial charge in [0.25, 0.3) is 0 Å². The molecule has 18 heavy (non-hydrogen) atoms. The molecule has 0 bridgehead atoms. The number of rotatable bonds is 5. The summed E-state index contributed by atoms with van der Waals surface area (Å²) in [6.07, 6.45) is 1.85. The maximum absolute atomic E-state index is 13.3. The monoisotopic (exact) mass is 288 g/mol. The molecule has 0 spiro atoms. The van der Waals surface area contributed by atoms with Crippen molar-refractivity contribution in [1.82, 2.24) is 4.72 Å². The van der Waals surface area contributed by atoms with Gasteiger partial charge in [-0.2, -0.15) is 17.0 Å². The van der Waals surface area contributed by atoms with E-state index in [0.29, 0.717) is 5.75 Å². The average Bonchev–Trinajstić information content (AvgIpc) is 2.28. The van der Waals surface area contributed by atoms with Crippen LogP contribution >= 0.6 is 11.8 Å². The van der Waals surface area contributed by atoms with Crippen molar-refractivity contribution in [3.63, 3.8) is 0 Å². The third-order valence-electron chi connectivity index (χ3n) is 2.15. The Bertz CT molecular complexity index is 567. The van der Waals surface area contributed by atoms with E-state index in [-0.39, 0.29) is 10.9 Å². The molecule has 0 radical (unpaired) electrons. The van der Waals surface area contributed by atoms with Crippen molar-refractivity contribution in [3.05, 3.63) is 29.6 Å². The molecule has 0 fully saturated rings. The van der Waals surface area contributed by atoms with Crippen LogP contribution in [0.25, 0.3) is 0 Å². The lowest BCUT2D eigenvalue weighted by atomic mass is 10.2. The van der Waals surface area contributed by atoms with E-state index in [1.54, 1.807) is 13.0 Å². The van der Waals surface area contributed by atoms with Crippen LogP contribution in [0.3, 0.4) is 0 Å². The van der Waals surface area contributed by atoms with Gasteiger partial charge in [-0.1, -0.05) is 6.07 Å². The van der Waals surface area contributed by atoms with Crippen LogP contribution in [-0.2, 0) is 10.0 Å². The number of thioether (sulfide) groups is 1. The smallest absolute Gasteiger partial charge is 0.207 e. The summed E-state index contributed by atoms with van der Waals surface area (Å²) in [5.41, 5.74) is -0.457. The molecule has 7 heteroatoms. The van der Waals surface area contributed by atoms with E-state index in [1.807, 2.05) is 6.26 Å². The third-order valence-corrected chi connectivity index (χ3v) is 4.61. The van der Waals surface area contributed by atoms with Gasteiger partial charge in [-0.3, -0.25) is 0 Å². The minimum Gasteiger partial charge on any atom is -0.207 e. The fourth-order valence-corrected chi connectivity index (χ4v) is 3.55. The van der Waals surface area contributed by atoms with Crippen LogP contribution in [-0.4, -0.2) is 26.5 Å². The first-order valence-corrected chi connectivity index (χ1v) is 8.00. The standard InChI is InChI=1S/C11H13FN2O2S2/c1-8(7-17-2)14-18(15,16)11-5-3-4-10(12)9(11)6-13/h3-5,8,14H,7H2,1-2H3. The first kappa shape index (κ1) is 15.0. The summed E-state index contributed by atoms with van der Waals surface area (Å²) in [5, 5.41) is 8.81. The molecule has 98 valence electrons. The van der Waals surface area contributed by atoms with Crippen molar-refractivity contribution < 1.29 is 12.8 Å². The summed E-state index contributed by atoms with van der Waals surface area (Å²) in [6.45, 7) is 1.71. The first-order chi connectivity index (χ1) is 8.42. The zero-order chi connectivity index (χ0) is 13.8. The van der Waals surface area contributed by atoms with E-state index in [4.69, 9.17) is 5.26 Å². The number of benzene rings is 1. The second kappa shape index (κ2) is 6.18. The molecule has 0 aliphatic carbocycles. The van der Waals surface area contributed by atoms with Gasteiger partial charge in [-0.25, -0.2) is 17.5 Å². The molecule has 0 aromatic heterocycles. The molecular formula is C11H13FN2O2S2. The normalized spacial score (nSPS) is 13.0. The Kier molecular flexibility index (Phi) is 5.14. The minimum atomic E-state index is -3.87. The summed E-state index contributed by atoms with van der Waals surface area (Å²) in [6, 6.07) is 4.83. The molecule has 0 aliphatic heterocycles. The van der Waals surface area contributed by atoms with Crippen molar-refractivity contribution >= 4 is 21.8 Å². The second-order valence-corrected chi connectivity index (χ2v) is 6.30. The Balaban J connectivity index is 3.14. The van der Waals surface area contributed by atoms with E-state index in [0.717, 1.165) is 6.07 Å². The number of nitrogens with zero attached hydrogens (tertiary/aromatic N) is 1. The average molecular weight is 288 g/mol. The largest absolute Gasteiger partial charge is 0.242 e. The fourth-order valence-electron chi connectivity index (χ4n) is 1.45. The topological polar surface area (TPSA) is 70.0 Å². The molecule has 0 saturated carbocycles. The number of sulfonamides is 1. The maximum atomic E-state index is 13.3. The fraction of sp³-hybridized carbons (Fsp3) is 0.364. The molecule has 1 unspecified atom stereocenters. The summed E-state index contributed by atoms with van der Waals surface area (Å²) < 4.78 is 39.8. The molecule has 1 atom stereocenters. The van der Waals surface area contributed by atoms with Gasteiger partial charge in [0.05, 0.1) is 0 Å². The Morgan fingerprint density at radius 2 is 2.22 bits per heavy atom. The highest BCUT2D eigenvalue weighted by molar-refractivity contribution is 7.98. The highest BCUT2D eigenvalue weighted by atomic mass is 32.2. The predicted octanol–water partition coefficient (Wildman–Crippen LogP) is 1.73. The van der Waals surface area contributed by atoms with Crippen molar-refractivity contribution in [2.75, 3.05) is 12.0 Å². The van der Waals surface area contributed by atoms with Gasteiger partial charge in [0.1, 0.15) is 22.3 Å². The highest BCUT2D eigenvalue weighted by Gasteiger charge is 2.22. The van der Waals surface area contributed by atoms with Gasteiger partial charge in [0.2, 0.25) is 10.0 Å². The Hall–Kier alpha value is -1.10. The van der Waals surface area contributed by atoms with E-state index in [9.17, 15) is 12.8 Å². The molecule has 0 heterocycles. The van der Waals surface area contributed by atoms with Gasteiger partial charge in [0.15, 0.2) is 0 Å². The Morgan fingerprint density at radius 3 is 2.78 bits per heavy atom. The SMILES string of the molecule is CSCC(C)NS(=O)(=O)c1cccc(F)c1C#N. The second-order valence-electron chi connectivity index (χ2n) is 3.70. The van der Waals surface area contributed by atoms with Crippen molar-refractivity contribution in [2.45, 2.75) is 17.9 Å². The predicted molar refractivity (Wildman–Crippen MR) is 69.3 cm³/mol. The quantitative estimate of drug-likeness (QED) is 0.895. The van der Waals surface area contributed by atoms with Gasteiger partial charge >= 0.3 is 0 Å². The van der Waals surface area contributed by atoms with Crippen LogP contribution in [0, 0.1) is 17.1 Å². The van der Waals surface area contributed by atoms with E-state index in [1.165, 1.54) is 23.9 Å². The maximum Gasteiger partial charge on any atom is 0.242 e. The zero-order valence-electron chi connectivity index (χ0n) is 9.97. The molecule has 0 saturated heterocycles. The van der Waals surface area contributed by atoms with Crippen LogP contribution in [0.15, 0.2) is 23.1 Å². The van der Waals surface area contributed by atoms with Gasteiger partial charge < -0.3 is 0 Å². The van der Waals surface area contributed by atoms with E-state index in [2.05, 4.69) is 4.72 Å². The van der Waals surface area contributed by atoms with Crippen LogP contribution in [0.5, 0.6) is 0 Å². The number of hydrogen-bond donors (Lipinski definition) is 1. The van der Waals surface area contributed by atoms with Crippen LogP contribution in [0.1, 0.15) is 12.5 Å². The zero-order valence-corrected chi connectivity index (χ0v) is 11.6. The Morgan fingerprint density at radius 1 is 1.56 bits per heavy atom. The number of nitriles is 1.